The van der Waals surface area contributed by atoms with E-state index in [4.69, 9.17) is 0 Å². The predicted molar refractivity (Wildman–Crippen MR) is 72.2 cm³/mol. The Morgan fingerprint density at radius 1 is 1.12 bits per heavy atom. The molecule has 0 amide bonds. The largest absolute Gasteiger partial charge is 0.391 e. The lowest BCUT2D eigenvalue weighted by Gasteiger charge is -2.11. The Bertz CT molecular complexity index is 413. The average molecular weight is 247 g/mol. The van der Waals surface area contributed by atoms with Gasteiger partial charge in [0.25, 0.3) is 0 Å². The standard InChI is InChI=1S/C14H17NOS/c16-14(8-12-4-2-1-3-5-12)10-15-9-13-6-7-17-11-13/h1-7,11,14-16H,8-10H2. The van der Waals surface area contributed by atoms with Crippen molar-refractivity contribution in [3.05, 3.63) is 58.3 Å². The molecule has 1 heterocycles. The van der Waals surface area contributed by atoms with Gasteiger partial charge in [-0.25, -0.2) is 0 Å². The van der Waals surface area contributed by atoms with Crippen LogP contribution in [0, 0.1) is 0 Å². The van der Waals surface area contributed by atoms with E-state index in [1.807, 2.05) is 30.3 Å². The highest BCUT2D eigenvalue weighted by Crippen LogP contribution is 2.06. The highest BCUT2D eigenvalue weighted by atomic mass is 32.1. The topological polar surface area (TPSA) is 32.3 Å². The molecular weight excluding hydrogens is 230 g/mol. The summed E-state index contributed by atoms with van der Waals surface area (Å²) in [5.41, 5.74) is 2.46. The lowest BCUT2D eigenvalue weighted by atomic mass is 10.1. The first-order valence-electron chi connectivity index (χ1n) is 5.78. The van der Waals surface area contributed by atoms with E-state index >= 15 is 0 Å². The number of thiophene rings is 1. The minimum absolute atomic E-state index is 0.323. The lowest BCUT2D eigenvalue weighted by Crippen LogP contribution is -2.27. The SMILES string of the molecule is OC(CNCc1ccsc1)Cc1ccccc1. The first kappa shape index (κ1) is 12.3. The third-order valence-electron chi connectivity index (χ3n) is 2.60. The van der Waals surface area contributed by atoms with E-state index in [-0.39, 0.29) is 6.10 Å². The summed E-state index contributed by atoms with van der Waals surface area (Å²) < 4.78 is 0. The molecule has 0 aliphatic carbocycles. The highest BCUT2D eigenvalue weighted by Gasteiger charge is 2.04. The van der Waals surface area contributed by atoms with Crippen molar-refractivity contribution in [3.8, 4) is 0 Å². The van der Waals surface area contributed by atoms with E-state index < -0.39 is 0 Å². The fourth-order valence-corrected chi connectivity index (χ4v) is 2.40. The summed E-state index contributed by atoms with van der Waals surface area (Å²) in [5, 5.41) is 17.3. The Labute approximate surface area is 106 Å². The Morgan fingerprint density at radius 3 is 2.65 bits per heavy atom. The van der Waals surface area contributed by atoms with Gasteiger partial charge in [0.05, 0.1) is 6.10 Å². The molecule has 0 bridgehead atoms. The van der Waals surface area contributed by atoms with E-state index in [0.717, 1.165) is 6.54 Å². The van der Waals surface area contributed by atoms with Crippen molar-refractivity contribution in [1.29, 1.82) is 0 Å². The molecule has 0 fully saturated rings. The number of rotatable bonds is 6. The predicted octanol–water partition coefficient (Wildman–Crippen LogP) is 2.44. The summed E-state index contributed by atoms with van der Waals surface area (Å²) in [6.07, 6.45) is 0.383. The molecule has 2 aromatic rings. The van der Waals surface area contributed by atoms with Crippen LogP contribution >= 0.6 is 11.3 Å². The van der Waals surface area contributed by atoms with Crippen molar-refractivity contribution in [2.75, 3.05) is 6.54 Å². The Hall–Kier alpha value is -1.16. The summed E-state index contributed by atoms with van der Waals surface area (Å²) in [6, 6.07) is 12.2. The molecule has 2 N–H and O–H groups in total. The molecule has 0 aliphatic heterocycles. The van der Waals surface area contributed by atoms with Gasteiger partial charge in [0.1, 0.15) is 0 Å². The molecule has 2 nitrogen and oxygen atoms in total. The summed E-state index contributed by atoms with van der Waals surface area (Å²) >= 11 is 1.70. The van der Waals surface area contributed by atoms with Gasteiger partial charge in [-0.2, -0.15) is 11.3 Å². The van der Waals surface area contributed by atoms with Crippen LogP contribution < -0.4 is 5.32 Å². The molecular formula is C14H17NOS. The maximum atomic E-state index is 9.87. The third kappa shape index (κ3) is 4.30. The van der Waals surface area contributed by atoms with Crippen molar-refractivity contribution < 1.29 is 5.11 Å². The van der Waals surface area contributed by atoms with Crippen LogP contribution in [0.4, 0.5) is 0 Å². The highest BCUT2D eigenvalue weighted by molar-refractivity contribution is 7.07. The van der Waals surface area contributed by atoms with Crippen molar-refractivity contribution in [3.63, 3.8) is 0 Å². The minimum Gasteiger partial charge on any atom is -0.391 e. The van der Waals surface area contributed by atoms with Crippen molar-refractivity contribution in [2.45, 2.75) is 19.1 Å². The summed E-state index contributed by atoms with van der Waals surface area (Å²) in [7, 11) is 0. The number of hydrogen-bond donors (Lipinski definition) is 2. The Morgan fingerprint density at radius 2 is 1.94 bits per heavy atom. The summed E-state index contributed by atoms with van der Waals surface area (Å²) in [5.74, 6) is 0. The quantitative estimate of drug-likeness (QED) is 0.822. The van der Waals surface area contributed by atoms with Crippen molar-refractivity contribution in [1.82, 2.24) is 5.32 Å². The summed E-state index contributed by atoms with van der Waals surface area (Å²) in [6.45, 7) is 1.46. The van der Waals surface area contributed by atoms with Crippen LogP contribution in [0.2, 0.25) is 0 Å². The van der Waals surface area contributed by atoms with E-state index in [1.54, 1.807) is 11.3 Å². The fraction of sp³-hybridized carbons (Fsp3) is 0.286. The van der Waals surface area contributed by atoms with Gasteiger partial charge in [0.2, 0.25) is 0 Å². The second-order valence-electron chi connectivity index (χ2n) is 4.11. The van der Waals surface area contributed by atoms with Crippen LogP contribution in [0.5, 0.6) is 0 Å². The zero-order valence-electron chi connectivity index (χ0n) is 9.67. The van der Waals surface area contributed by atoms with E-state index in [0.29, 0.717) is 13.0 Å². The zero-order valence-corrected chi connectivity index (χ0v) is 10.5. The van der Waals surface area contributed by atoms with Crippen LogP contribution in [-0.2, 0) is 13.0 Å². The molecule has 0 saturated heterocycles. The molecule has 1 aromatic heterocycles. The number of aliphatic hydroxyl groups excluding tert-OH is 1. The minimum atomic E-state index is -0.323. The van der Waals surface area contributed by atoms with Crippen LogP contribution in [0.25, 0.3) is 0 Å². The van der Waals surface area contributed by atoms with Gasteiger partial charge in [0.15, 0.2) is 0 Å². The first-order valence-corrected chi connectivity index (χ1v) is 6.72. The third-order valence-corrected chi connectivity index (χ3v) is 3.34. The van der Waals surface area contributed by atoms with Gasteiger partial charge in [0, 0.05) is 13.1 Å². The molecule has 3 heteroatoms. The smallest absolute Gasteiger partial charge is 0.0704 e. The molecule has 1 atom stereocenters. The molecule has 1 unspecified atom stereocenters. The number of benzene rings is 1. The number of hydrogen-bond acceptors (Lipinski definition) is 3. The van der Waals surface area contributed by atoms with Crippen LogP contribution in [0.1, 0.15) is 11.1 Å². The average Bonchev–Trinajstić information content (AvgIpc) is 2.83. The Kier molecular flexibility index (Phi) is 4.74. The number of nitrogens with one attached hydrogen (secondary N) is 1. The van der Waals surface area contributed by atoms with Crippen LogP contribution in [-0.4, -0.2) is 17.8 Å². The molecule has 0 aliphatic rings. The molecule has 90 valence electrons. The lowest BCUT2D eigenvalue weighted by molar-refractivity contribution is 0.171. The van der Waals surface area contributed by atoms with Crippen LogP contribution in [0.3, 0.4) is 0 Å². The van der Waals surface area contributed by atoms with Gasteiger partial charge >= 0.3 is 0 Å². The second kappa shape index (κ2) is 6.55. The molecule has 0 spiro atoms. The van der Waals surface area contributed by atoms with Crippen molar-refractivity contribution in [2.24, 2.45) is 0 Å². The molecule has 0 saturated carbocycles. The van der Waals surface area contributed by atoms with Crippen LogP contribution in [0.15, 0.2) is 47.2 Å². The molecule has 17 heavy (non-hydrogen) atoms. The van der Waals surface area contributed by atoms with Gasteiger partial charge in [-0.05, 0) is 34.4 Å². The number of aliphatic hydroxyl groups is 1. The van der Waals surface area contributed by atoms with Gasteiger partial charge in [-0.3, -0.25) is 0 Å². The Balaban J connectivity index is 1.69. The monoisotopic (exact) mass is 247 g/mol. The van der Waals surface area contributed by atoms with Gasteiger partial charge in [-0.15, -0.1) is 0 Å². The second-order valence-corrected chi connectivity index (χ2v) is 4.89. The maximum absolute atomic E-state index is 9.87. The van der Waals surface area contributed by atoms with Gasteiger partial charge < -0.3 is 10.4 Å². The van der Waals surface area contributed by atoms with E-state index in [1.165, 1.54) is 11.1 Å². The van der Waals surface area contributed by atoms with E-state index in [2.05, 4.69) is 22.1 Å². The van der Waals surface area contributed by atoms with E-state index in [9.17, 15) is 5.11 Å². The van der Waals surface area contributed by atoms with Crippen molar-refractivity contribution >= 4 is 11.3 Å². The first-order chi connectivity index (χ1) is 8.34. The fourth-order valence-electron chi connectivity index (χ4n) is 1.73. The summed E-state index contributed by atoms with van der Waals surface area (Å²) in [4.78, 5) is 0. The zero-order chi connectivity index (χ0) is 11.9. The normalized spacial score (nSPS) is 12.5. The molecule has 0 radical (unpaired) electrons. The molecule has 1 aromatic carbocycles. The van der Waals surface area contributed by atoms with Gasteiger partial charge in [-0.1, -0.05) is 30.3 Å². The maximum Gasteiger partial charge on any atom is 0.0704 e. The molecule has 2 rings (SSSR count).